The molecule has 2 heterocycles. The van der Waals surface area contributed by atoms with Gasteiger partial charge in [-0.05, 0) is 31.7 Å². The van der Waals surface area contributed by atoms with Gasteiger partial charge in [-0.25, -0.2) is 4.98 Å². The molecule has 1 aromatic carbocycles. The van der Waals surface area contributed by atoms with Crippen LogP contribution in [0.1, 0.15) is 39.2 Å². The van der Waals surface area contributed by atoms with Crippen LogP contribution in [-0.4, -0.2) is 30.6 Å². The molecule has 0 aliphatic carbocycles. The van der Waals surface area contributed by atoms with Gasteiger partial charge >= 0.3 is 0 Å². The first-order valence-corrected chi connectivity index (χ1v) is 10.4. The molecule has 3 N–H and O–H groups in total. The van der Waals surface area contributed by atoms with Gasteiger partial charge in [-0.1, -0.05) is 44.5 Å². The highest BCUT2D eigenvalue weighted by atomic mass is 32.1. The fraction of sp³-hybridized carbons (Fsp3) is 0.524. The van der Waals surface area contributed by atoms with E-state index in [1.807, 2.05) is 30.5 Å². The number of thiazole rings is 1. The number of nitrogens with one attached hydrogen (secondary N) is 1. The molecule has 1 aliphatic heterocycles. The molecule has 27 heavy (non-hydrogen) atoms. The summed E-state index contributed by atoms with van der Waals surface area (Å²) in [6, 6.07) is 8.08. The number of nitrogens with two attached hydrogens (primary N) is 1. The predicted octanol–water partition coefficient (Wildman–Crippen LogP) is 4.47. The van der Waals surface area contributed by atoms with Crippen molar-refractivity contribution in [2.45, 2.75) is 40.5 Å². The lowest BCUT2D eigenvalue weighted by atomic mass is 9.76. The first kappa shape index (κ1) is 21.5. The average molecular weight is 390 g/mol. The Bertz CT molecular complexity index is 733. The maximum Gasteiger partial charge on any atom is 0.239 e. The number of rotatable bonds is 6. The third-order valence-corrected chi connectivity index (χ3v) is 5.42. The van der Waals surface area contributed by atoms with Crippen molar-refractivity contribution in [1.82, 2.24) is 4.98 Å². The number of hydrogen-bond donors (Lipinski definition) is 2. The van der Waals surface area contributed by atoms with Crippen molar-refractivity contribution >= 4 is 22.4 Å². The van der Waals surface area contributed by atoms with Crippen molar-refractivity contribution in [2.24, 2.45) is 17.1 Å². The SMILES string of the molecule is CCC1(CC(C)C)COC1.Cc1cccc(-c2csc(NC(=O)CN)n2)c1. The smallest absolute Gasteiger partial charge is 0.239 e. The van der Waals surface area contributed by atoms with E-state index < -0.39 is 0 Å². The minimum Gasteiger partial charge on any atom is -0.380 e. The number of amides is 1. The highest BCUT2D eigenvalue weighted by Crippen LogP contribution is 2.37. The van der Waals surface area contributed by atoms with Gasteiger partial charge in [-0.3, -0.25) is 4.79 Å². The number of ether oxygens (including phenoxy) is 1. The summed E-state index contributed by atoms with van der Waals surface area (Å²) in [5, 5.41) is 5.14. The Balaban J connectivity index is 0.000000223. The maximum atomic E-state index is 11.1. The van der Waals surface area contributed by atoms with Crippen LogP contribution < -0.4 is 11.1 Å². The van der Waals surface area contributed by atoms with Crippen molar-refractivity contribution in [3.05, 3.63) is 35.2 Å². The number of nitrogens with zero attached hydrogens (tertiary/aromatic N) is 1. The van der Waals surface area contributed by atoms with Gasteiger partial charge in [0, 0.05) is 16.4 Å². The summed E-state index contributed by atoms with van der Waals surface area (Å²) in [7, 11) is 0. The molecule has 0 atom stereocenters. The van der Waals surface area contributed by atoms with Crippen LogP contribution in [0.25, 0.3) is 11.3 Å². The third kappa shape index (κ3) is 6.41. The van der Waals surface area contributed by atoms with E-state index in [4.69, 9.17) is 10.5 Å². The molecule has 0 unspecified atom stereocenters. The van der Waals surface area contributed by atoms with Crippen LogP contribution in [0.2, 0.25) is 0 Å². The van der Waals surface area contributed by atoms with Gasteiger partial charge < -0.3 is 15.8 Å². The summed E-state index contributed by atoms with van der Waals surface area (Å²) in [4.78, 5) is 15.5. The van der Waals surface area contributed by atoms with Gasteiger partial charge in [-0.15, -0.1) is 11.3 Å². The molecule has 6 heteroatoms. The molecule has 1 fully saturated rings. The summed E-state index contributed by atoms with van der Waals surface area (Å²) in [5.74, 6) is 0.596. The molecule has 0 saturated carbocycles. The zero-order valence-electron chi connectivity index (χ0n) is 16.7. The van der Waals surface area contributed by atoms with Crippen molar-refractivity contribution in [3.63, 3.8) is 0 Å². The van der Waals surface area contributed by atoms with Crippen LogP contribution in [0, 0.1) is 18.3 Å². The van der Waals surface area contributed by atoms with E-state index in [1.54, 1.807) is 0 Å². The van der Waals surface area contributed by atoms with Crippen molar-refractivity contribution < 1.29 is 9.53 Å². The van der Waals surface area contributed by atoms with Gasteiger partial charge in [0.25, 0.3) is 0 Å². The van der Waals surface area contributed by atoms with Crippen LogP contribution in [0.4, 0.5) is 5.13 Å². The Morgan fingerprint density at radius 3 is 2.63 bits per heavy atom. The molecular weight excluding hydrogens is 358 g/mol. The first-order chi connectivity index (χ1) is 12.9. The van der Waals surface area contributed by atoms with Gasteiger partial charge in [0.2, 0.25) is 5.91 Å². The van der Waals surface area contributed by atoms with E-state index in [1.165, 1.54) is 29.7 Å². The summed E-state index contributed by atoms with van der Waals surface area (Å²) < 4.78 is 5.23. The monoisotopic (exact) mass is 389 g/mol. The summed E-state index contributed by atoms with van der Waals surface area (Å²) in [6.07, 6.45) is 2.62. The number of carbonyl (C=O) groups excluding carboxylic acids is 1. The molecule has 3 rings (SSSR count). The van der Waals surface area contributed by atoms with E-state index in [9.17, 15) is 4.79 Å². The Kier molecular flexibility index (Phi) is 7.95. The molecule has 1 aliphatic rings. The van der Waals surface area contributed by atoms with Crippen molar-refractivity contribution in [3.8, 4) is 11.3 Å². The number of hydrogen-bond acceptors (Lipinski definition) is 5. The lowest BCUT2D eigenvalue weighted by Crippen LogP contribution is -2.42. The molecule has 0 spiro atoms. The molecular formula is C21H31N3O2S. The molecule has 1 amide bonds. The van der Waals surface area contributed by atoms with E-state index in [2.05, 4.69) is 37.1 Å². The van der Waals surface area contributed by atoms with Crippen LogP contribution >= 0.6 is 11.3 Å². The average Bonchev–Trinajstić information content (AvgIpc) is 3.07. The van der Waals surface area contributed by atoms with E-state index in [-0.39, 0.29) is 12.5 Å². The fourth-order valence-electron chi connectivity index (χ4n) is 3.16. The number of anilines is 1. The second-order valence-electron chi connectivity index (χ2n) is 7.60. The molecule has 2 aromatic rings. The second kappa shape index (κ2) is 9.97. The summed E-state index contributed by atoms with van der Waals surface area (Å²) in [6.45, 7) is 10.9. The van der Waals surface area contributed by atoms with E-state index >= 15 is 0 Å². The molecule has 1 saturated heterocycles. The van der Waals surface area contributed by atoms with Gasteiger partial charge in [0.15, 0.2) is 5.13 Å². The highest BCUT2D eigenvalue weighted by Gasteiger charge is 2.36. The van der Waals surface area contributed by atoms with Gasteiger partial charge in [0.1, 0.15) is 0 Å². The van der Waals surface area contributed by atoms with Crippen molar-refractivity contribution in [2.75, 3.05) is 25.1 Å². The Labute approximate surface area is 166 Å². The Hall–Kier alpha value is -1.76. The topological polar surface area (TPSA) is 77.2 Å². The zero-order valence-corrected chi connectivity index (χ0v) is 17.6. The van der Waals surface area contributed by atoms with Gasteiger partial charge in [-0.2, -0.15) is 0 Å². The minimum absolute atomic E-state index is 0.0284. The highest BCUT2D eigenvalue weighted by molar-refractivity contribution is 7.14. The number of aryl methyl sites for hydroxylation is 1. The number of benzene rings is 1. The fourth-order valence-corrected chi connectivity index (χ4v) is 3.90. The standard InChI is InChI=1S/C12H13N3OS.C9H18O/c1-8-3-2-4-9(5-8)10-7-17-12(14-10)15-11(16)6-13;1-4-9(5-8(2)3)6-10-7-9/h2-5,7H,6,13H2,1H3,(H,14,15,16);8H,4-7H2,1-3H3. The third-order valence-electron chi connectivity index (χ3n) is 4.66. The Morgan fingerprint density at radius 1 is 1.41 bits per heavy atom. The largest absolute Gasteiger partial charge is 0.380 e. The Morgan fingerprint density at radius 2 is 2.15 bits per heavy atom. The number of aromatic nitrogens is 1. The molecule has 1 aromatic heterocycles. The van der Waals surface area contributed by atoms with E-state index in [0.717, 1.165) is 30.4 Å². The van der Waals surface area contributed by atoms with Crippen LogP contribution in [0.15, 0.2) is 29.6 Å². The summed E-state index contributed by atoms with van der Waals surface area (Å²) >= 11 is 1.40. The van der Waals surface area contributed by atoms with Crippen LogP contribution in [0.3, 0.4) is 0 Å². The number of carbonyl (C=O) groups is 1. The van der Waals surface area contributed by atoms with Crippen LogP contribution in [-0.2, 0) is 9.53 Å². The predicted molar refractivity (Wildman–Crippen MR) is 113 cm³/mol. The normalized spacial score (nSPS) is 14.9. The molecule has 0 radical (unpaired) electrons. The first-order valence-electron chi connectivity index (χ1n) is 9.47. The minimum atomic E-state index is -0.227. The lowest BCUT2D eigenvalue weighted by Gasteiger charge is -2.42. The van der Waals surface area contributed by atoms with Crippen molar-refractivity contribution in [1.29, 1.82) is 0 Å². The molecule has 148 valence electrons. The molecule has 5 nitrogen and oxygen atoms in total. The zero-order chi connectivity index (χ0) is 19.9. The van der Waals surface area contributed by atoms with Crippen LogP contribution in [0.5, 0.6) is 0 Å². The summed E-state index contributed by atoms with van der Waals surface area (Å²) in [5.41, 5.74) is 8.89. The van der Waals surface area contributed by atoms with Gasteiger partial charge in [0.05, 0.1) is 25.5 Å². The molecule has 0 bridgehead atoms. The lowest BCUT2D eigenvalue weighted by molar-refractivity contribution is -0.124. The second-order valence-corrected chi connectivity index (χ2v) is 8.46. The van der Waals surface area contributed by atoms with E-state index in [0.29, 0.717) is 10.5 Å². The maximum absolute atomic E-state index is 11.1. The quantitative estimate of drug-likeness (QED) is 0.764.